The molecular weight excluding hydrogens is 326 g/mol. The normalized spacial score (nSPS) is 18.8. The van der Waals surface area contributed by atoms with Gasteiger partial charge in [0, 0.05) is 26.3 Å². The van der Waals surface area contributed by atoms with E-state index in [-0.39, 0.29) is 11.9 Å². The summed E-state index contributed by atoms with van der Waals surface area (Å²) in [7, 11) is 1.76. The molecule has 1 fully saturated rings. The van der Waals surface area contributed by atoms with E-state index in [4.69, 9.17) is 4.74 Å². The lowest BCUT2D eigenvalue weighted by molar-refractivity contribution is -0.124. The second kappa shape index (κ2) is 6.85. The van der Waals surface area contributed by atoms with Crippen LogP contribution >= 0.6 is 15.9 Å². The van der Waals surface area contributed by atoms with Crippen LogP contribution in [0.5, 0.6) is 0 Å². The minimum atomic E-state index is -0.375. The van der Waals surface area contributed by atoms with Crippen LogP contribution in [0.1, 0.15) is 6.92 Å². The van der Waals surface area contributed by atoms with E-state index in [0.717, 1.165) is 4.47 Å². The second-order valence-corrected chi connectivity index (χ2v) is 5.15. The maximum atomic E-state index is 12.1. The molecule has 0 saturated carbocycles. The molecule has 2 heterocycles. The molecule has 1 amide bonds. The molecule has 0 aliphatic carbocycles. The molecule has 2 N–H and O–H groups in total. The number of aromatic nitrogens is 2. The minimum absolute atomic E-state index is 0.0521. The molecule has 2 rings (SSSR count). The molecule has 1 aliphatic rings. The summed E-state index contributed by atoms with van der Waals surface area (Å²) in [6, 6.07) is -0.375. The van der Waals surface area contributed by atoms with Gasteiger partial charge in [-0.1, -0.05) is 0 Å². The van der Waals surface area contributed by atoms with Gasteiger partial charge in [0.15, 0.2) is 0 Å². The van der Waals surface area contributed by atoms with Crippen molar-refractivity contribution in [2.24, 2.45) is 0 Å². The molecule has 0 bridgehead atoms. The third kappa shape index (κ3) is 3.18. The van der Waals surface area contributed by atoms with Gasteiger partial charge in [0.1, 0.15) is 11.9 Å². The number of rotatable bonds is 4. The molecule has 110 valence electrons. The Morgan fingerprint density at radius 3 is 3.15 bits per heavy atom. The van der Waals surface area contributed by atoms with Crippen LogP contribution < -0.4 is 15.5 Å². The SMILES string of the molecule is CCNC(=O)C1COCCN1c1nc(NC)ncc1Br. The van der Waals surface area contributed by atoms with Crippen molar-refractivity contribution in [3.05, 3.63) is 10.7 Å². The summed E-state index contributed by atoms with van der Waals surface area (Å²) in [5.74, 6) is 1.16. The Balaban J connectivity index is 2.29. The summed E-state index contributed by atoms with van der Waals surface area (Å²) in [4.78, 5) is 22.6. The van der Waals surface area contributed by atoms with Crippen LogP contribution in [-0.2, 0) is 9.53 Å². The minimum Gasteiger partial charge on any atom is -0.377 e. The van der Waals surface area contributed by atoms with E-state index >= 15 is 0 Å². The van der Waals surface area contributed by atoms with Gasteiger partial charge in [-0.25, -0.2) is 4.98 Å². The molecule has 1 saturated heterocycles. The van der Waals surface area contributed by atoms with Gasteiger partial charge in [-0.15, -0.1) is 0 Å². The number of amides is 1. The number of hydrogen-bond donors (Lipinski definition) is 2. The van der Waals surface area contributed by atoms with Crippen molar-refractivity contribution >= 4 is 33.6 Å². The van der Waals surface area contributed by atoms with Crippen LogP contribution in [0.3, 0.4) is 0 Å². The second-order valence-electron chi connectivity index (χ2n) is 4.29. The fourth-order valence-corrected chi connectivity index (χ4v) is 2.47. The fourth-order valence-electron chi connectivity index (χ4n) is 2.05. The molecule has 20 heavy (non-hydrogen) atoms. The lowest BCUT2D eigenvalue weighted by atomic mass is 10.2. The topological polar surface area (TPSA) is 79.4 Å². The average molecular weight is 344 g/mol. The van der Waals surface area contributed by atoms with Crippen molar-refractivity contribution in [1.82, 2.24) is 15.3 Å². The lowest BCUT2D eigenvalue weighted by Gasteiger charge is -2.35. The van der Waals surface area contributed by atoms with Crippen LogP contribution in [0.15, 0.2) is 10.7 Å². The molecule has 0 radical (unpaired) electrons. The summed E-state index contributed by atoms with van der Waals surface area (Å²) in [6.07, 6.45) is 1.68. The van der Waals surface area contributed by atoms with Crippen LogP contribution in [0, 0.1) is 0 Å². The number of ether oxygens (including phenoxy) is 1. The summed E-state index contributed by atoms with van der Waals surface area (Å²) >= 11 is 3.44. The van der Waals surface area contributed by atoms with Crippen LogP contribution in [-0.4, -0.2) is 55.3 Å². The number of likely N-dealkylation sites (N-methyl/N-ethyl adjacent to an activating group) is 1. The number of anilines is 2. The third-order valence-corrected chi connectivity index (χ3v) is 3.56. The highest BCUT2D eigenvalue weighted by molar-refractivity contribution is 9.10. The first-order valence-electron chi connectivity index (χ1n) is 6.49. The first-order valence-corrected chi connectivity index (χ1v) is 7.29. The summed E-state index contributed by atoms with van der Waals surface area (Å²) < 4.78 is 6.18. The zero-order valence-corrected chi connectivity index (χ0v) is 13.1. The highest BCUT2D eigenvalue weighted by Gasteiger charge is 2.31. The van der Waals surface area contributed by atoms with Crippen molar-refractivity contribution in [3.8, 4) is 0 Å². The monoisotopic (exact) mass is 343 g/mol. The van der Waals surface area contributed by atoms with Crippen LogP contribution in [0.25, 0.3) is 0 Å². The Kier molecular flexibility index (Phi) is 5.13. The van der Waals surface area contributed by atoms with Crippen molar-refractivity contribution in [1.29, 1.82) is 0 Å². The van der Waals surface area contributed by atoms with Crippen molar-refractivity contribution < 1.29 is 9.53 Å². The highest BCUT2D eigenvalue weighted by atomic mass is 79.9. The van der Waals surface area contributed by atoms with Crippen molar-refractivity contribution in [3.63, 3.8) is 0 Å². The van der Waals surface area contributed by atoms with Crippen molar-refractivity contribution in [2.45, 2.75) is 13.0 Å². The first kappa shape index (κ1) is 15.0. The maximum absolute atomic E-state index is 12.1. The number of carbonyl (C=O) groups is 1. The van der Waals surface area contributed by atoms with Gasteiger partial charge in [0.05, 0.1) is 17.7 Å². The standard InChI is InChI=1S/C12H18BrN5O2/c1-3-15-11(19)9-7-20-5-4-18(9)10-8(13)6-16-12(14-2)17-10/h6,9H,3-5,7H2,1-2H3,(H,15,19)(H,14,16,17). The van der Waals surface area contributed by atoms with Gasteiger partial charge in [0.2, 0.25) is 11.9 Å². The van der Waals surface area contributed by atoms with E-state index in [1.165, 1.54) is 0 Å². The van der Waals surface area contributed by atoms with E-state index in [1.807, 2.05) is 11.8 Å². The lowest BCUT2D eigenvalue weighted by Crippen LogP contribution is -2.54. The van der Waals surface area contributed by atoms with Crippen LogP contribution in [0.2, 0.25) is 0 Å². The predicted molar refractivity (Wildman–Crippen MR) is 79.9 cm³/mol. The Hall–Kier alpha value is -1.41. The Morgan fingerprint density at radius 2 is 2.45 bits per heavy atom. The van der Waals surface area contributed by atoms with Gasteiger partial charge in [-0.05, 0) is 22.9 Å². The van der Waals surface area contributed by atoms with E-state index in [2.05, 4.69) is 36.5 Å². The molecule has 1 unspecified atom stereocenters. The van der Waals surface area contributed by atoms with Crippen LogP contribution in [0.4, 0.5) is 11.8 Å². The average Bonchev–Trinajstić information content (AvgIpc) is 2.48. The number of halogens is 1. The van der Waals surface area contributed by atoms with Gasteiger partial charge in [0.25, 0.3) is 0 Å². The fraction of sp³-hybridized carbons (Fsp3) is 0.583. The molecule has 0 spiro atoms. The smallest absolute Gasteiger partial charge is 0.245 e. The Labute approximate surface area is 126 Å². The van der Waals surface area contributed by atoms with Gasteiger partial charge >= 0.3 is 0 Å². The summed E-state index contributed by atoms with van der Waals surface area (Å²) in [5.41, 5.74) is 0. The zero-order chi connectivity index (χ0) is 14.5. The van der Waals surface area contributed by atoms with E-state index in [1.54, 1.807) is 13.2 Å². The quantitative estimate of drug-likeness (QED) is 0.834. The highest BCUT2D eigenvalue weighted by Crippen LogP contribution is 2.27. The molecule has 1 atom stereocenters. The molecule has 1 aromatic heterocycles. The van der Waals surface area contributed by atoms with E-state index < -0.39 is 0 Å². The number of carbonyl (C=O) groups excluding carboxylic acids is 1. The van der Waals surface area contributed by atoms with Crippen molar-refractivity contribution in [2.75, 3.05) is 43.6 Å². The third-order valence-electron chi connectivity index (χ3n) is 3.00. The molecule has 1 aromatic rings. The van der Waals surface area contributed by atoms with E-state index in [9.17, 15) is 4.79 Å². The number of nitrogens with zero attached hydrogens (tertiary/aromatic N) is 3. The number of morpholine rings is 1. The molecular formula is C12H18BrN5O2. The van der Waals surface area contributed by atoms with Gasteiger partial charge in [-0.3, -0.25) is 4.79 Å². The molecule has 0 aromatic carbocycles. The molecule has 1 aliphatic heterocycles. The molecule has 7 nitrogen and oxygen atoms in total. The number of nitrogens with one attached hydrogen (secondary N) is 2. The summed E-state index contributed by atoms with van der Waals surface area (Å²) in [6.45, 7) is 4.03. The predicted octanol–water partition coefficient (Wildman–Crippen LogP) is 0.622. The summed E-state index contributed by atoms with van der Waals surface area (Å²) in [5, 5.41) is 5.73. The first-order chi connectivity index (χ1) is 9.67. The van der Waals surface area contributed by atoms with Gasteiger partial charge < -0.3 is 20.3 Å². The largest absolute Gasteiger partial charge is 0.377 e. The Morgan fingerprint density at radius 1 is 1.65 bits per heavy atom. The zero-order valence-electron chi connectivity index (χ0n) is 11.5. The van der Waals surface area contributed by atoms with E-state index in [0.29, 0.717) is 38.1 Å². The Bertz CT molecular complexity index is 485. The van der Waals surface area contributed by atoms with Gasteiger partial charge in [-0.2, -0.15) is 4.98 Å². The molecule has 8 heteroatoms. The maximum Gasteiger partial charge on any atom is 0.245 e. The number of hydrogen-bond acceptors (Lipinski definition) is 6.